The van der Waals surface area contributed by atoms with Crippen LogP contribution < -0.4 is 5.73 Å². The molecular formula is C15H26N2O. The summed E-state index contributed by atoms with van der Waals surface area (Å²) in [5.41, 5.74) is 5.92. The van der Waals surface area contributed by atoms with Gasteiger partial charge in [0.1, 0.15) is 11.5 Å². The topological polar surface area (TPSA) is 42.4 Å². The number of furan rings is 1. The molecule has 1 aromatic heterocycles. The molecule has 1 aromatic rings. The minimum Gasteiger partial charge on any atom is -0.465 e. The van der Waals surface area contributed by atoms with E-state index in [1.54, 1.807) is 0 Å². The number of hydrogen-bond donors (Lipinski definition) is 1. The lowest BCUT2D eigenvalue weighted by molar-refractivity contribution is 0.0969. The van der Waals surface area contributed by atoms with Crippen LogP contribution in [0.3, 0.4) is 0 Å². The molecule has 1 heterocycles. The zero-order valence-electron chi connectivity index (χ0n) is 11.9. The minimum atomic E-state index is 0.601. The van der Waals surface area contributed by atoms with Crippen molar-refractivity contribution in [1.29, 1.82) is 0 Å². The number of aryl methyl sites for hydroxylation is 1. The minimum absolute atomic E-state index is 0.601. The van der Waals surface area contributed by atoms with Crippen LogP contribution >= 0.6 is 0 Å². The lowest BCUT2D eigenvalue weighted by Crippen LogP contribution is -2.44. The summed E-state index contributed by atoms with van der Waals surface area (Å²) in [7, 11) is 2.20. The highest BCUT2D eigenvalue weighted by Crippen LogP contribution is 2.31. The quantitative estimate of drug-likeness (QED) is 0.893. The Morgan fingerprint density at radius 3 is 2.78 bits per heavy atom. The van der Waals surface area contributed by atoms with E-state index in [2.05, 4.69) is 24.9 Å². The van der Waals surface area contributed by atoms with Gasteiger partial charge in [-0.25, -0.2) is 0 Å². The van der Waals surface area contributed by atoms with Crippen LogP contribution in [0.2, 0.25) is 0 Å². The molecule has 0 radical (unpaired) electrons. The smallest absolute Gasteiger partial charge is 0.118 e. The molecule has 0 spiro atoms. The van der Waals surface area contributed by atoms with Crippen molar-refractivity contribution in [1.82, 2.24) is 4.90 Å². The number of nitrogens with zero attached hydrogens (tertiary/aromatic N) is 1. The zero-order valence-corrected chi connectivity index (χ0v) is 11.9. The zero-order chi connectivity index (χ0) is 13.1. The number of hydrogen-bond acceptors (Lipinski definition) is 3. The molecule has 1 fully saturated rings. The van der Waals surface area contributed by atoms with Gasteiger partial charge in [0.05, 0.1) is 6.54 Å². The fourth-order valence-corrected chi connectivity index (χ4v) is 3.16. The predicted octanol–water partition coefficient (Wildman–Crippen LogP) is 2.78. The third-order valence-corrected chi connectivity index (χ3v) is 4.29. The van der Waals surface area contributed by atoms with Gasteiger partial charge in [0.25, 0.3) is 0 Å². The molecule has 0 aromatic carbocycles. The first-order valence-electron chi connectivity index (χ1n) is 7.05. The SMILES string of the molecule is Cc1ccc(CN(C)C2CC(C)CCC2CN)o1. The molecule has 2 rings (SSSR count). The highest BCUT2D eigenvalue weighted by Gasteiger charge is 2.30. The monoisotopic (exact) mass is 250 g/mol. The molecule has 0 saturated heterocycles. The van der Waals surface area contributed by atoms with Crippen molar-refractivity contribution in [3.63, 3.8) is 0 Å². The van der Waals surface area contributed by atoms with E-state index >= 15 is 0 Å². The van der Waals surface area contributed by atoms with E-state index in [1.807, 2.05) is 13.0 Å². The molecule has 102 valence electrons. The maximum Gasteiger partial charge on any atom is 0.118 e. The van der Waals surface area contributed by atoms with Gasteiger partial charge in [-0.05, 0) is 57.3 Å². The molecule has 3 unspecified atom stereocenters. The van der Waals surface area contributed by atoms with Crippen LogP contribution in [0.15, 0.2) is 16.5 Å². The van der Waals surface area contributed by atoms with E-state index in [0.717, 1.165) is 30.5 Å². The molecule has 0 aliphatic heterocycles. The summed E-state index contributed by atoms with van der Waals surface area (Å²) in [4.78, 5) is 2.42. The standard InChI is InChI=1S/C15H26N2O/c1-11-4-6-13(9-16)15(8-11)17(3)10-14-7-5-12(2)18-14/h5,7,11,13,15H,4,6,8-10,16H2,1-3H3. The van der Waals surface area contributed by atoms with Gasteiger partial charge in [-0.15, -0.1) is 0 Å². The van der Waals surface area contributed by atoms with Crippen molar-refractivity contribution < 1.29 is 4.42 Å². The fourth-order valence-electron chi connectivity index (χ4n) is 3.16. The Balaban J connectivity index is 1.99. The second-order valence-corrected chi connectivity index (χ2v) is 5.91. The summed E-state index contributed by atoms with van der Waals surface area (Å²) < 4.78 is 5.67. The van der Waals surface area contributed by atoms with Gasteiger partial charge in [0, 0.05) is 6.04 Å². The molecule has 0 bridgehead atoms. The molecule has 3 nitrogen and oxygen atoms in total. The highest BCUT2D eigenvalue weighted by molar-refractivity contribution is 5.05. The Morgan fingerprint density at radius 2 is 2.17 bits per heavy atom. The van der Waals surface area contributed by atoms with Crippen LogP contribution in [0, 0.1) is 18.8 Å². The van der Waals surface area contributed by atoms with Crippen LogP contribution in [-0.2, 0) is 6.54 Å². The molecule has 18 heavy (non-hydrogen) atoms. The van der Waals surface area contributed by atoms with Crippen LogP contribution in [0.1, 0.15) is 37.7 Å². The average Bonchev–Trinajstić information content (AvgIpc) is 2.74. The molecule has 1 aliphatic carbocycles. The Bertz CT molecular complexity index is 374. The van der Waals surface area contributed by atoms with Crippen LogP contribution in [0.25, 0.3) is 0 Å². The summed E-state index contributed by atoms with van der Waals surface area (Å²) in [6, 6.07) is 4.71. The molecular weight excluding hydrogens is 224 g/mol. The van der Waals surface area contributed by atoms with Gasteiger partial charge in [-0.2, -0.15) is 0 Å². The van der Waals surface area contributed by atoms with Crippen molar-refractivity contribution in [3.8, 4) is 0 Å². The maximum atomic E-state index is 5.92. The number of nitrogens with two attached hydrogens (primary N) is 1. The van der Waals surface area contributed by atoms with E-state index in [1.165, 1.54) is 19.3 Å². The summed E-state index contributed by atoms with van der Waals surface area (Å²) in [6.07, 6.45) is 3.86. The van der Waals surface area contributed by atoms with Crippen LogP contribution in [-0.4, -0.2) is 24.5 Å². The molecule has 2 N–H and O–H groups in total. The van der Waals surface area contributed by atoms with E-state index in [9.17, 15) is 0 Å². The van der Waals surface area contributed by atoms with Crippen molar-refractivity contribution in [2.45, 2.75) is 45.7 Å². The van der Waals surface area contributed by atoms with Gasteiger partial charge < -0.3 is 10.2 Å². The van der Waals surface area contributed by atoms with Crippen molar-refractivity contribution in [3.05, 3.63) is 23.7 Å². The van der Waals surface area contributed by atoms with Gasteiger partial charge in [0.15, 0.2) is 0 Å². The first-order chi connectivity index (χ1) is 8.60. The normalized spacial score (nSPS) is 28.8. The number of rotatable bonds is 4. The Hall–Kier alpha value is -0.800. The molecule has 1 saturated carbocycles. The van der Waals surface area contributed by atoms with Gasteiger partial charge in [-0.3, -0.25) is 4.90 Å². The summed E-state index contributed by atoms with van der Waals surface area (Å²) in [5, 5.41) is 0. The predicted molar refractivity (Wildman–Crippen MR) is 74.3 cm³/mol. The van der Waals surface area contributed by atoms with Gasteiger partial charge >= 0.3 is 0 Å². The first kappa shape index (κ1) is 13.6. The third kappa shape index (κ3) is 3.15. The first-order valence-corrected chi connectivity index (χ1v) is 7.05. The molecule has 3 heteroatoms. The summed E-state index contributed by atoms with van der Waals surface area (Å²) in [5.74, 6) is 3.51. The molecule has 3 atom stereocenters. The van der Waals surface area contributed by atoms with E-state index < -0.39 is 0 Å². The second-order valence-electron chi connectivity index (χ2n) is 5.91. The maximum absolute atomic E-state index is 5.92. The van der Waals surface area contributed by atoms with Crippen molar-refractivity contribution >= 4 is 0 Å². The van der Waals surface area contributed by atoms with E-state index in [-0.39, 0.29) is 0 Å². The summed E-state index contributed by atoms with van der Waals surface area (Å²) in [6.45, 7) is 6.04. The average molecular weight is 250 g/mol. The summed E-state index contributed by atoms with van der Waals surface area (Å²) >= 11 is 0. The highest BCUT2D eigenvalue weighted by atomic mass is 16.3. The van der Waals surface area contributed by atoms with Gasteiger partial charge in [-0.1, -0.05) is 13.3 Å². The lowest BCUT2D eigenvalue weighted by Gasteiger charge is -2.39. The lowest BCUT2D eigenvalue weighted by atomic mass is 9.78. The molecule has 0 amide bonds. The third-order valence-electron chi connectivity index (χ3n) is 4.29. The Morgan fingerprint density at radius 1 is 1.39 bits per heavy atom. The van der Waals surface area contributed by atoms with Crippen LogP contribution in [0.5, 0.6) is 0 Å². The van der Waals surface area contributed by atoms with Crippen molar-refractivity contribution in [2.75, 3.05) is 13.6 Å². The second kappa shape index (κ2) is 5.89. The van der Waals surface area contributed by atoms with Crippen LogP contribution in [0.4, 0.5) is 0 Å². The largest absolute Gasteiger partial charge is 0.465 e. The van der Waals surface area contributed by atoms with E-state index in [4.69, 9.17) is 10.2 Å². The Labute approximate surface area is 110 Å². The molecule has 1 aliphatic rings. The fraction of sp³-hybridized carbons (Fsp3) is 0.733. The van der Waals surface area contributed by atoms with E-state index in [0.29, 0.717) is 12.0 Å². The van der Waals surface area contributed by atoms with Crippen molar-refractivity contribution in [2.24, 2.45) is 17.6 Å². The Kier molecular flexibility index (Phi) is 4.46. The van der Waals surface area contributed by atoms with Gasteiger partial charge in [0.2, 0.25) is 0 Å².